The van der Waals surface area contributed by atoms with Gasteiger partial charge in [-0.25, -0.2) is 4.98 Å². The van der Waals surface area contributed by atoms with Crippen LogP contribution >= 0.6 is 11.8 Å². The lowest BCUT2D eigenvalue weighted by Gasteiger charge is -2.29. The molecule has 4 heteroatoms. The molecule has 0 fully saturated rings. The molecule has 0 bridgehead atoms. The van der Waals surface area contributed by atoms with Gasteiger partial charge in [0.2, 0.25) is 0 Å². The lowest BCUT2D eigenvalue weighted by atomic mass is 10.0. The Balaban J connectivity index is 2.54. The molecule has 1 N–H and O–H groups in total. The Hall–Kier alpha value is -0.770. The van der Waals surface area contributed by atoms with E-state index in [1.807, 2.05) is 11.8 Å². The number of hydrogen-bond acceptors (Lipinski definition) is 4. The molecule has 0 saturated carbocycles. The summed E-state index contributed by atoms with van der Waals surface area (Å²) in [5.41, 5.74) is 0. The minimum atomic E-state index is 0.317. The first-order chi connectivity index (χ1) is 7.26. The average Bonchev–Trinajstić information content (AvgIpc) is 2.33. The van der Waals surface area contributed by atoms with Gasteiger partial charge in [-0.3, -0.25) is 4.98 Å². The molecule has 3 nitrogen and oxygen atoms in total. The van der Waals surface area contributed by atoms with Gasteiger partial charge in [-0.05, 0) is 19.1 Å². The first kappa shape index (κ1) is 12.3. The number of rotatable bonds is 6. The summed E-state index contributed by atoms with van der Waals surface area (Å²) in [6.07, 6.45) is 9.66. The normalized spacial score (nSPS) is 11.4. The maximum Gasteiger partial charge on any atom is 0.144 e. The lowest BCUT2D eigenvalue weighted by Crippen LogP contribution is -2.32. The molecule has 1 heterocycles. The van der Waals surface area contributed by atoms with E-state index in [0.717, 1.165) is 25.2 Å². The van der Waals surface area contributed by atoms with Crippen LogP contribution in [0, 0.1) is 0 Å². The van der Waals surface area contributed by atoms with Crippen LogP contribution in [0.5, 0.6) is 0 Å². The lowest BCUT2D eigenvalue weighted by molar-refractivity contribution is 0.574. The van der Waals surface area contributed by atoms with Crippen LogP contribution < -0.4 is 5.32 Å². The SMILES string of the molecule is CCC(CC)(CNc1cnccn1)SC. The first-order valence-corrected chi connectivity index (χ1v) is 6.54. The largest absolute Gasteiger partial charge is 0.367 e. The molecular weight excluding hydrogens is 206 g/mol. The molecule has 0 saturated heterocycles. The fourth-order valence-corrected chi connectivity index (χ4v) is 2.30. The summed E-state index contributed by atoms with van der Waals surface area (Å²) in [5.74, 6) is 0.859. The molecule has 0 radical (unpaired) electrons. The average molecular weight is 225 g/mol. The molecule has 0 spiro atoms. The van der Waals surface area contributed by atoms with E-state index in [9.17, 15) is 0 Å². The van der Waals surface area contributed by atoms with Gasteiger partial charge in [-0.1, -0.05) is 13.8 Å². The van der Waals surface area contributed by atoms with E-state index >= 15 is 0 Å². The van der Waals surface area contributed by atoms with Gasteiger partial charge in [-0.2, -0.15) is 11.8 Å². The Morgan fingerprint density at radius 3 is 2.53 bits per heavy atom. The second kappa shape index (κ2) is 5.95. The zero-order valence-electron chi connectivity index (χ0n) is 9.66. The van der Waals surface area contributed by atoms with Crippen molar-refractivity contribution in [3.63, 3.8) is 0 Å². The van der Waals surface area contributed by atoms with Gasteiger partial charge >= 0.3 is 0 Å². The molecule has 0 atom stereocenters. The number of anilines is 1. The van der Waals surface area contributed by atoms with Crippen molar-refractivity contribution in [2.45, 2.75) is 31.4 Å². The monoisotopic (exact) mass is 225 g/mol. The van der Waals surface area contributed by atoms with E-state index in [1.165, 1.54) is 0 Å². The Kier molecular flexibility index (Phi) is 4.88. The van der Waals surface area contributed by atoms with Gasteiger partial charge in [0.1, 0.15) is 5.82 Å². The predicted molar refractivity (Wildman–Crippen MR) is 67.3 cm³/mol. The highest BCUT2D eigenvalue weighted by atomic mass is 32.2. The topological polar surface area (TPSA) is 37.8 Å². The zero-order chi connectivity index (χ0) is 11.1. The molecule has 0 amide bonds. The van der Waals surface area contributed by atoms with Crippen LogP contribution in [0.3, 0.4) is 0 Å². The quantitative estimate of drug-likeness (QED) is 0.808. The van der Waals surface area contributed by atoms with E-state index in [1.54, 1.807) is 18.6 Å². The second-order valence-electron chi connectivity index (χ2n) is 3.54. The van der Waals surface area contributed by atoms with Crippen LogP contribution in [-0.4, -0.2) is 27.5 Å². The summed E-state index contributed by atoms with van der Waals surface area (Å²) in [7, 11) is 0. The van der Waals surface area contributed by atoms with E-state index in [-0.39, 0.29) is 0 Å². The molecule has 84 valence electrons. The highest BCUT2D eigenvalue weighted by Gasteiger charge is 2.24. The van der Waals surface area contributed by atoms with Crippen LogP contribution in [0.25, 0.3) is 0 Å². The van der Waals surface area contributed by atoms with Crippen LogP contribution in [0.4, 0.5) is 5.82 Å². The van der Waals surface area contributed by atoms with Gasteiger partial charge in [0, 0.05) is 23.7 Å². The molecule has 0 aliphatic heterocycles. The van der Waals surface area contributed by atoms with Crippen LogP contribution in [-0.2, 0) is 0 Å². The van der Waals surface area contributed by atoms with Crippen molar-refractivity contribution in [2.24, 2.45) is 0 Å². The maximum absolute atomic E-state index is 4.20. The van der Waals surface area contributed by atoms with E-state index in [4.69, 9.17) is 0 Å². The number of aromatic nitrogens is 2. The molecule has 0 aromatic carbocycles. The van der Waals surface area contributed by atoms with Gasteiger partial charge in [0.05, 0.1) is 6.20 Å². The minimum Gasteiger partial charge on any atom is -0.367 e. The van der Waals surface area contributed by atoms with Gasteiger partial charge in [-0.15, -0.1) is 0 Å². The molecule has 0 unspecified atom stereocenters. The first-order valence-electron chi connectivity index (χ1n) is 5.31. The Morgan fingerprint density at radius 1 is 1.33 bits per heavy atom. The van der Waals surface area contributed by atoms with Crippen molar-refractivity contribution in [3.05, 3.63) is 18.6 Å². The highest BCUT2D eigenvalue weighted by molar-refractivity contribution is 8.00. The van der Waals surface area contributed by atoms with E-state index < -0.39 is 0 Å². The number of nitrogens with zero attached hydrogens (tertiary/aromatic N) is 2. The molecular formula is C11H19N3S. The van der Waals surface area contributed by atoms with E-state index in [0.29, 0.717) is 4.75 Å². The summed E-state index contributed by atoms with van der Waals surface area (Å²) in [4.78, 5) is 8.23. The summed E-state index contributed by atoms with van der Waals surface area (Å²) in [5, 5.41) is 3.34. The zero-order valence-corrected chi connectivity index (χ0v) is 10.5. The highest BCUT2D eigenvalue weighted by Crippen LogP contribution is 2.30. The standard InChI is InChI=1S/C11H19N3S/c1-4-11(5-2,15-3)9-14-10-8-12-6-7-13-10/h6-8H,4-5,9H2,1-3H3,(H,13,14). The molecule has 15 heavy (non-hydrogen) atoms. The summed E-state index contributed by atoms with van der Waals surface area (Å²) >= 11 is 1.93. The Morgan fingerprint density at radius 2 is 2.07 bits per heavy atom. The van der Waals surface area contributed by atoms with Crippen molar-refractivity contribution < 1.29 is 0 Å². The van der Waals surface area contributed by atoms with Crippen molar-refractivity contribution >= 4 is 17.6 Å². The Labute approximate surface area is 96.1 Å². The van der Waals surface area contributed by atoms with Crippen LogP contribution in [0.15, 0.2) is 18.6 Å². The molecule has 0 aliphatic carbocycles. The maximum atomic E-state index is 4.20. The van der Waals surface area contributed by atoms with Gasteiger partial charge in [0.15, 0.2) is 0 Å². The predicted octanol–water partition coefficient (Wildman–Crippen LogP) is 2.81. The van der Waals surface area contributed by atoms with Crippen LogP contribution in [0.1, 0.15) is 26.7 Å². The second-order valence-corrected chi connectivity index (χ2v) is 4.81. The van der Waals surface area contributed by atoms with E-state index in [2.05, 4.69) is 35.4 Å². The smallest absolute Gasteiger partial charge is 0.144 e. The van der Waals surface area contributed by atoms with Crippen molar-refractivity contribution in [3.8, 4) is 0 Å². The minimum absolute atomic E-state index is 0.317. The molecule has 0 aliphatic rings. The van der Waals surface area contributed by atoms with Crippen molar-refractivity contribution in [1.82, 2.24) is 9.97 Å². The van der Waals surface area contributed by atoms with Gasteiger partial charge < -0.3 is 5.32 Å². The fourth-order valence-electron chi connectivity index (χ4n) is 1.50. The number of nitrogens with one attached hydrogen (secondary N) is 1. The number of hydrogen-bond donors (Lipinski definition) is 1. The van der Waals surface area contributed by atoms with Crippen molar-refractivity contribution in [2.75, 3.05) is 18.1 Å². The fraction of sp³-hybridized carbons (Fsp3) is 0.636. The summed E-state index contributed by atoms with van der Waals surface area (Å²) < 4.78 is 0.317. The molecule has 1 rings (SSSR count). The van der Waals surface area contributed by atoms with Gasteiger partial charge in [0.25, 0.3) is 0 Å². The third kappa shape index (κ3) is 3.38. The van der Waals surface area contributed by atoms with Crippen LogP contribution in [0.2, 0.25) is 0 Å². The summed E-state index contributed by atoms with van der Waals surface area (Å²) in [6, 6.07) is 0. The Bertz CT molecular complexity index is 264. The third-order valence-corrected chi connectivity index (χ3v) is 4.46. The van der Waals surface area contributed by atoms with Crippen molar-refractivity contribution in [1.29, 1.82) is 0 Å². The molecule has 1 aromatic heterocycles. The third-order valence-electron chi connectivity index (χ3n) is 2.88. The summed E-state index contributed by atoms with van der Waals surface area (Å²) in [6.45, 7) is 5.41. The molecule has 1 aromatic rings. The number of thioether (sulfide) groups is 1.